The molecular weight excluding hydrogens is 334 g/mol. The number of nitro groups is 1. The van der Waals surface area contributed by atoms with Crippen LogP contribution in [0.1, 0.15) is 17.9 Å². The summed E-state index contributed by atoms with van der Waals surface area (Å²) in [5.74, 6) is -1.52. The van der Waals surface area contributed by atoms with Gasteiger partial charge in [-0.1, -0.05) is 11.3 Å². The van der Waals surface area contributed by atoms with E-state index in [9.17, 15) is 19.7 Å². The van der Waals surface area contributed by atoms with Gasteiger partial charge in [-0.15, -0.1) is 0 Å². The van der Waals surface area contributed by atoms with Crippen molar-refractivity contribution in [1.29, 1.82) is 0 Å². The number of hydrogen-bond donors (Lipinski definition) is 1. The van der Waals surface area contributed by atoms with Gasteiger partial charge in [0.25, 0.3) is 0 Å². The van der Waals surface area contributed by atoms with Crippen LogP contribution < -0.4 is 5.32 Å². The largest absolute Gasteiger partial charge is 0.368 e. The molecule has 24 heavy (non-hydrogen) atoms. The fourth-order valence-electron chi connectivity index (χ4n) is 3.49. The highest BCUT2D eigenvalue weighted by atomic mass is 32.1. The van der Waals surface area contributed by atoms with E-state index >= 15 is 0 Å². The van der Waals surface area contributed by atoms with Crippen molar-refractivity contribution in [2.45, 2.75) is 12.3 Å². The lowest BCUT2D eigenvalue weighted by Crippen LogP contribution is -2.46. The maximum atomic E-state index is 12.4. The number of aliphatic imine (C=N–C) groups is 1. The summed E-state index contributed by atoms with van der Waals surface area (Å²) in [6.07, 6.45) is 0.578. The predicted molar refractivity (Wildman–Crippen MR) is 85.1 cm³/mol. The number of thiophene rings is 1. The maximum Gasteiger partial charge on any atom is 0.324 e. The lowest BCUT2D eigenvalue weighted by atomic mass is 9.72. The van der Waals surface area contributed by atoms with E-state index in [1.54, 1.807) is 5.38 Å². The van der Waals surface area contributed by atoms with Crippen LogP contribution in [0.2, 0.25) is 0 Å². The summed E-state index contributed by atoms with van der Waals surface area (Å²) in [7, 11) is 0. The quantitative estimate of drug-likeness (QED) is 0.638. The number of amides is 1. The van der Waals surface area contributed by atoms with E-state index in [1.807, 2.05) is 0 Å². The normalized spacial score (nSPS) is 26.4. The van der Waals surface area contributed by atoms with Crippen LogP contribution in [0.3, 0.4) is 0 Å². The molecule has 0 aromatic carbocycles. The highest BCUT2D eigenvalue weighted by molar-refractivity contribution is 7.13. The van der Waals surface area contributed by atoms with E-state index < -0.39 is 16.8 Å². The molecule has 1 aromatic heterocycles. The van der Waals surface area contributed by atoms with E-state index in [2.05, 4.69) is 10.3 Å². The van der Waals surface area contributed by atoms with E-state index in [4.69, 9.17) is 4.74 Å². The SMILES string of the molecule is O=C1NCCC2=C1C(c1csc([N+](=O)[O-])c1)C1C(=O)COCC1=N2. The van der Waals surface area contributed by atoms with Gasteiger partial charge in [0.05, 0.1) is 28.9 Å². The number of rotatable bonds is 2. The molecule has 124 valence electrons. The number of nitrogens with zero attached hydrogens (tertiary/aromatic N) is 2. The maximum absolute atomic E-state index is 12.4. The molecule has 0 saturated carbocycles. The van der Waals surface area contributed by atoms with Gasteiger partial charge in [-0.2, -0.15) is 0 Å². The van der Waals surface area contributed by atoms with Crippen LogP contribution in [0.4, 0.5) is 5.00 Å². The first-order valence-corrected chi connectivity index (χ1v) is 8.36. The number of carbonyl (C=O) groups excluding carboxylic acids is 2. The molecule has 3 aliphatic rings. The van der Waals surface area contributed by atoms with Gasteiger partial charge in [0.15, 0.2) is 5.78 Å². The minimum absolute atomic E-state index is 0.00746. The van der Waals surface area contributed by atoms with Crippen LogP contribution in [0, 0.1) is 16.0 Å². The lowest BCUT2D eigenvalue weighted by molar-refractivity contribution is -0.380. The summed E-state index contributed by atoms with van der Waals surface area (Å²) in [6, 6.07) is 1.45. The Labute approximate surface area is 140 Å². The summed E-state index contributed by atoms with van der Waals surface area (Å²) < 4.78 is 5.28. The second-order valence-corrected chi connectivity index (χ2v) is 6.75. The lowest BCUT2D eigenvalue weighted by Gasteiger charge is -2.37. The second-order valence-electron chi connectivity index (χ2n) is 5.86. The van der Waals surface area contributed by atoms with Crippen LogP contribution in [0.5, 0.6) is 0 Å². The third-order valence-electron chi connectivity index (χ3n) is 4.47. The summed E-state index contributed by atoms with van der Waals surface area (Å²) in [4.78, 5) is 39.9. The van der Waals surface area contributed by atoms with Crippen LogP contribution in [0.15, 0.2) is 27.7 Å². The Morgan fingerprint density at radius 3 is 2.92 bits per heavy atom. The van der Waals surface area contributed by atoms with Crippen LogP contribution >= 0.6 is 11.3 Å². The molecule has 0 spiro atoms. The van der Waals surface area contributed by atoms with Crippen molar-refractivity contribution in [3.05, 3.63) is 38.4 Å². The molecule has 3 aliphatic heterocycles. The molecular formula is C15H13N3O5S. The number of nitrogens with one attached hydrogen (secondary N) is 1. The molecule has 9 heteroatoms. The smallest absolute Gasteiger partial charge is 0.324 e. The molecule has 1 saturated heterocycles. The van der Waals surface area contributed by atoms with Crippen molar-refractivity contribution in [2.24, 2.45) is 10.9 Å². The fourth-order valence-corrected chi connectivity index (χ4v) is 4.25. The Kier molecular flexibility index (Phi) is 3.54. The Bertz CT molecular complexity index is 825. The molecule has 2 unspecified atom stereocenters. The standard InChI is InChI=1S/C15H13N3O5S/c19-10-5-23-4-9-13(10)12(7-3-11(18(21)22)24-6-7)14-8(17-9)1-2-16-15(14)20/h3,6,12-13H,1-2,4-5H2,(H,16,20). The Morgan fingerprint density at radius 2 is 2.17 bits per heavy atom. The molecule has 1 aromatic rings. The third-order valence-corrected chi connectivity index (χ3v) is 5.37. The van der Waals surface area contributed by atoms with Crippen molar-refractivity contribution < 1.29 is 19.2 Å². The molecule has 0 bridgehead atoms. The van der Waals surface area contributed by atoms with Gasteiger partial charge < -0.3 is 10.1 Å². The average Bonchev–Trinajstić information content (AvgIpc) is 3.03. The first-order valence-electron chi connectivity index (χ1n) is 7.48. The van der Waals surface area contributed by atoms with Gasteiger partial charge in [0.1, 0.15) is 6.61 Å². The number of ketones is 1. The zero-order valence-corrected chi connectivity index (χ0v) is 13.3. The minimum Gasteiger partial charge on any atom is -0.368 e. The van der Waals surface area contributed by atoms with E-state index in [0.717, 1.165) is 11.3 Å². The Morgan fingerprint density at radius 1 is 1.33 bits per heavy atom. The molecule has 1 fully saturated rings. The molecule has 1 N–H and O–H groups in total. The first kappa shape index (κ1) is 15.2. The molecule has 4 heterocycles. The van der Waals surface area contributed by atoms with Gasteiger partial charge in [-0.3, -0.25) is 24.7 Å². The number of ether oxygens (including phenoxy) is 1. The zero-order valence-electron chi connectivity index (χ0n) is 12.5. The van der Waals surface area contributed by atoms with Crippen molar-refractivity contribution in [3.8, 4) is 0 Å². The molecule has 0 radical (unpaired) electrons. The molecule has 0 aliphatic carbocycles. The van der Waals surface area contributed by atoms with Crippen molar-refractivity contribution in [1.82, 2.24) is 5.32 Å². The minimum atomic E-state index is -0.587. The van der Waals surface area contributed by atoms with Gasteiger partial charge >= 0.3 is 5.00 Å². The number of carbonyl (C=O) groups is 2. The predicted octanol–water partition coefficient (Wildman–Crippen LogP) is 1.18. The van der Waals surface area contributed by atoms with Crippen molar-refractivity contribution >= 4 is 33.7 Å². The molecule has 1 amide bonds. The Hall–Kier alpha value is -2.39. The van der Waals surface area contributed by atoms with Crippen LogP contribution in [-0.2, 0) is 14.3 Å². The van der Waals surface area contributed by atoms with E-state index in [0.29, 0.717) is 35.5 Å². The van der Waals surface area contributed by atoms with Gasteiger partial charge in [0, 0.05) is 35.9 Å². The first-order chi connectivity index (χ1) is 11.6. The van der Waals surface area contributed by atoms with E-state index in [1.165, 1.54) is 6.07 Å². The van der Waals surface area contributed by atoms with Crippen LogP contribution in [-0.4, -0.2) is 42.1 Å². The second kappa shape index (κ2) is 5.60. The van der Waals surface area contributed by atoms with Gasteiger partial charge in [-0.25, -0.2) is 0 Å². The topological polar surface area (TPSA) is 111 Å². The number of Topliss-reactive ketones (excluding diaryl/α,β-unsaturated/α-hetero) is 1. The van der Waals surface area contributed by atoms with E-state index in [-0.39, 0.29) is 29.9 Å². The van der Waals surface area contributed by atoms with Crippen LogP contribution in [0.25, 0.3) is 0 Å². The monoisotopic (exact) mass is 347 g/mol. The highest BCUT2D eigenvalue weighted by Gasteiger charge is 2.45. The summed E-state index contributed by atoms with van der Waals surface area (Å²) in [5, 5.41) is 15.4. The number of fused-ring (bicyclic) bond motifs is 1. The number of hydrogen-bond acceptors (Lipinski definition) is 7. The highest BCUT2D eigenvalue weighted by Crippen LogP contribution is 2.44. The van der Waals surface area contributed by atoms with Crippen molar-refractivity contribution in [2.75, 3.05) is 19.8 Å². The third kappa shape index (κ3) is 2.28. The zero-order chi connectivity index (χ0) is 16.8. The molecule has 4 rings (SSSR count). The summed E-state index contributed by atoms with van der Waals surface area (Å²) in [6.45, 7) is 0.707. The molecule has 8 nitrogen and oxygen atoms in total. The van der Waals surface area contributed by atoms with Gasteiger partial charge in [0.2, 0.25) is 5.91 Å². The fraction of sp³-hybridized carbons (Fsp3) is 0.400. The van der Waals surface area contributed by atoms with Crippen molar-refractivity contribution in [3.63, 3.8) is 0 Å². The Balaban J connectivity index is 1.87. The average molecular weight is 347 g/mol. The summed E-state index contributed by atoms with van der Waals surface area (Å²) in [5.41, 5.74) is 2.34. The molecule has 2 atom stereocenters. The van der Waals surface area contributed by atoms with Gasteiger partial charge in [-0.05, 0) is 5.56 Å². The summed E-state index contributed by atoms with van der Waals surface area (Å²) >= 11 is 0.997.